The minimum absolute atomic E-state index is 0.124. The van der Waals surface area contributed by atoms with Gasteiger partial charge in [-0.05, 0) is 57.4 Å². The van der Waals surface area contributed by atoms with Gasteiger partial charge in [-0.2, -0.15) is 0 Å². The quantitative estimate of drug-likeness (QED) is 0.812. The van der Waals surface area contributed by atoms with E-state index in [1.165, 1.54) is 38.6 Å². The van der Waals surface area contributed by atoms with E-state index in [0.29, 0.717) is 6.04 Å². The molecular formula is C15H29NO. The van der Waals surface area contributed by atoms with Crippen LogP contribution < -0.4 is 5.32 Å². The van der Waals surface area contributed by atoms with Crippen molar-refractivity contribution < 1.29 is 4.74 Å². The Hall–Kier alpha value is -0.0800. The summed E-state index contributed by atoms with van der Waals surface area (Å²) < 4.78 is 5.89. The summed E-state index contributed by atoms with van der Waals surface area (Å²) in [6.07, 6.45) is 7.81. The van der Waals surface area contributed by atoms with E-state index in [1.807, 2.05) is 0 Å². The van der Waals surface area contributed by atoms with Gasteiger partial charge in [0, 0.05) is 12.6 Å². The fourth-order valence-electron chi connectivity index (χ4n) is 3.39. The Morgan fingerprint density at radius 3 is 2.76 bits per heavy atom. The molecule has 2 rings (SSSR count). The average Bonchev–Trinajstić information content (AvgIpc) is 2.73. The molecule has 1 aliphatic heterocycles. The molecule has 1 aliphatic carbocycles. The van der Waals surface area contributed by atoms with Gasteiger partial charge in [0.25, 0.3) is 0 Å². The second kappa shape index (κ2) is 5.71. The highest BCUT2D eigenvalue weighted by Gasteiger charge is 2.32. The number of ether oxygens (including phenoxy) is 1. The molecule has 17 heavy (non-hydrogen) atoms. The smallest absolute Gasteiger partial charge is 0.0666 e. The first-order chi connectivity index (χ1) is 8.11. The summed E-state index contributed by atoms with van der Waals surface area (Å²) in [6, 6.07) is 0.685. The lowest BCUT2D eigenvalue weighted by atomic mass is 9.89. The fraction of sp³-hybridized carbons (Fsp3) is 1.00. The van der Waals surface area contributed by atoms with Gasteiger partial charge in [-0.3, -0.25) is 0 Å². The van der Waals surface area contributed by atoms with Crippen LogP contribution in [0.5, 0.6) is 0 Å². The molecule has 2 nitrogen and oxygen atoms in total. The summed E-state index contributed by atoms with van der Waals surface area (Å²) in [5, 5.41) is 3.79. The number of hydrogen-bond acceptors (Lipinski definition) is 2. The molecule has 2 heteroatoms. The maximum Gasteiger partial charge on any atom is 0.0666 e. The van der Waals surface area contributed by atoms with Crippen LogP contribution in [0.15, 0.2) is 0 Å². The van der Waals surface area contributed by atoms with E-state index in [0.717, 1.165) is 24.9 Å². The van der Waals surface area contributed by atoms with Crippen molar-refractivity contribution in [1.82, 2.24) is 5.32 Å². The number of rotatable bonds is 4. The predicted octanol–water partition coefficient (Wildman–Crippen LogP) is 3.36. The molecule has 1 saturated carbocycles. The first kappa shape index (κ1) is 13.4. The third-order valence-electron chi connectivity index (χ3n) is 4.84. The van der Waals surface area contributed by atoms with Gasteiger partial charge in [-0.15, -0.1) is 0 Å². The molecular weight excluding hydrogens is 210 g/mol. The van der Waals surface area contributed by atoms with E-state index in [2.05, 4.69) is 26.1 Å². The zero-order valence-corrected chi connectivity index (χ0v) is 11.8. The van der Waals surface area contributed by atoms with E-state index in [4.69, 9.17) is 4.74 Å². The molecule has 0 aromatic heterocycles. The van der Waals surface area contributed by atoms with Gasteiger partial charge in [0.15, 0.2) is 0 Å². The third kappa shape index (κ3) is 3.69. The molecule has 0 aromatic rings. The van der Waals surface area contributed by atoms with Crippen LogP contribution in [0.3, 0.4) is 0 Å². The molecule has 4 unspecified atom stereocenters. The van der Waals surface area contributed by atoms with E-state index in [-0.39, 0.29) is 5.60 Å². The molecule has 4 atom stereocenters. The zero-order chi connectivity index (χ0) is 12.3. The van der Waals surface area contributed by atoms with E-state index >= 15 is 0 Å². The van der Waals surface area contributed by atoms with Gasteiger partial charge in [-0.1, -0.05) is 20.3 Å². The Balaban J connectivity index is 1.72. The summed E-state index contributed by atoms with van der Waals surface area (Å²) in [4.78, 5) is 0. The minimum Gasteiger partial charge on any atom is -0.375 e. The van der Waals surface area contributed by atoms with Gasteiger partial charge in [0.05, 0.1) is 5.60 Å². The highest BCUT2D eigenvalue weighted by molar-refractivity contribution is 4.86. The van der Waals surface area contributed by atoms with Crippen molar-refractivity contribution in [3.63, 3.8) is 0 Å². The topological polar surface area (TPSA) is 21.3 Å². The number of nitrogens with one attached hydrogen (secondary N) is 1. The molecule has 2 aliphatic rings. The summed E-state index contributed by atoms with van der Waals surface area (Å²) in [5.41, 5.74) is 0.124. The second-order valence-electron chi connectivity index (χ2n) is 6.53. The van der Waals surface area contributed by atoms with Gasteiger partial charge in [0.2, 0.25) is 0 Å². The van der Waals surface area contributed by atoms with Gasteiger partial charge < -0.3 is 10.1 Å². The first-order valence-corrected chi connectivity index (χ1v) is 7.48. The second-order valence-corrected chi connectivity index (χ2v) is 6.53. The largest absolute Gasteiger partial charge is 0.375 e. The molecule has 0 radical (unpaired) electrons. The summed E-state index contributed by atoms with van der Waals surface area (Å²) in [5.74, 6) is 1.89. The lowest BCUT2D eigenvalue weighted by Crippen LogP contribution is -2.46. The highest BCUT2D eigenvalue weighted by Crippen LogP contribution is 2.31. The van der Waals surface area contributed by atoms with Crippen molar-refractivity contribution in [2.75, 3.05) is 13.2 Å². The molecule has 1 heterocycles. The van der Waals surface area contributed by atoms with Crippen LogP contribution in [0.25, 0.3) is 0 Å². The van der Waals surface area contributed by atoms with Gasteiger partial charge in [0.1, 0.15) is 0 Å². The van der Waals surface area contributed by atoms with Crippen molar-refractivity contribution in [3.05, 3.63) is 0 Å². The molecule has 0 spiro atoms. The van der Waals surface area contributed by atoms with Crippen molar-refractivity contribution in [1.29, 1.82) is 0 Å². The number of hydrogen-bond donors (Lipinski definition) is 1. The minimum atomic E-state index is 0.124. The van der Waals surface area contributed by atoms with E-state index in [1.54, 1.807) is 0 Å². The van der Waals surface area contributed by atoms with Crippen LogP contribution in [0.2, 0.25) is 0 Å². The van der Waals surface area contributed by atoms with Crippen molar-refractivity contribution in [2.45, 2.75) is 70.9 Å². The molecule has 2 fully saturated rings. The highest BCUT2D eigenvalue weighted by atomic mass is 16.5. The Kier molecular flexibility index (Phi) is 4.48. The Bertz CT molecular complexity index is 243. The third-order valence-corrected chi connectivity index (χ3v) is 4.84. The molecule has 0 amide bonds. The maximum atomic E-state index is 5.89. The Labute approximate surface area is 107 Å². The summed E-state index contributed by atoms with van der Waals surface area (Å²) >= 11 is 0. The van der Waals surface area contributed by atoms with E-state index in [9.17, 15) is 0 Å². The SMILES string of the molecule is CCC1(C)CC(NCC2CCC(C)C2)CCO1. The van der Waals surface area contributed by atoms with Crippen LogP contribution in [-0.2, 0) is 4.74 Å². The summed E-state index contributed by atoms with van der Waals surface area (Å²) in [7, 11) is 0. The first-order valence-electron chi connectivity index (χ1n) is 7.48. The lowest BCUT2D eigenvalue weighted by Gasteiger charge is -2.38. The standard InChI is InChI=1S/C15H29NO/c1-4-15(3)10-14(7-8-17-15)16-11-13-6-5-12(2)9-13/h12-14,16H,4-11H2,1-3H3. The van der Waals surface area contributed by atoms with Crippen LogP contribution >= 0.6 is 0 Å². The monoisotopic (exact) mass is 239 g/mol. The fourth-order valence-corrected chi connectivity index (χ4v) is 3.39. The normalized spacial score (nSPS) is 42.9. The van der Waals surface area contributed by atoms with E-state index < -0.39 is 0 Å². The van der Waals surface area contributed by atoms with Crippen molar-refractivity contribution in [2.24, 2.45) is 11.8 Å². The van der Waals surface area contributed by atoms with Crippen LogP contribution in [0.1, 0.15) is 59.3 Å². The van der Waals surface area contributed by atoms with Crippen LogP contribution in [0.4, 0.5) is 0 Å². The molecule has 0 aromatic carbocycles. The molecule has 0 bridgehead atoms. The summed E-state index contributed by atoms with van der Waals surface area (Å²) in [6.45, 7) is 9.06. The van der Waals surface area contributed by atoms with Crippen molar-refractivity contribution >= 4 is 0 Å². The molecule has 100 valence electrons. The van der Waals surface area contributed by atoms with Crippen molar-refractivity contribution in [3.8, 4) is 0 Å². The van der Waals surface area contributed by atoms with Crippen LogP contribution in [0, 0.1) is 11.8 Å². The lowest BCUT2D eigenvalue weighted by molar-refractivity contribution is -0.0782. The zero-order valence-electron chi connectivity index (χ0n) is 11.8. The van der Waals surface area contributed by atoms with Gasteiger partial charge >= 0.3 is 0 Å². The van der Waals surface area contributed by atoms with Gasteiger partial charge in [-0.25, -0.2) is 0 Å². The average molecular weight is 239 g/mol. The predicted molar refractivity (Wildman–Crippen MR) is 72.2 cm³/mol. The van der Waals surface area contributed by atoms with Crippen LogP contribution in [-0.4, -0.2) is 24.8 Å². The Morgan fingerprint density at radius 1 is 1.29 bits per heavy atom. The maximum absolute atomic E-state index is 5.89. The molecule has 1 saturated heterocycles. The molecule has 1 N–H and O–H groups in total. The Morgan fingerprint density at radius 2 is 2.12 bits per heavy atom.